The lowest BCUT2D eigenvalue weighted by atomic mass is 9.95. The van der Waals surface area contributed by atoms with E-state index in [9.17, 15) is 9.59 Å². The zero-order chi connectivity index (χ0) is 16.9. The van der Waals surface area contributed by atoms with E-state index in [0.717, 1.165) is 19.3 Å². The first-order valence-corrected chi connectivity index (χ1v) is 8.38. The van der Waals surface area contributed by atoms with Crippen molar-refractivity contribution in [3.8, 4) is 0 Å². The summed E-state index contributed by atoms with van der Waals surface area (Å²) in [5.41, 5.74) is 5.96. The van der Waals surface area contributed by atoms with E-state index in [4.69, 9.17) is 5.73 Å². The Morgan fingerprint density at radius 2 is 1.83 bits per heavy atom. The summed E-state index contributed by atoms with van der Waals surface area (Å²) in [6.45, 7) is 5.12. The van der Waals surface area contributed by atoms with Gasteiger partial charge in [0.1, 0.15) is 0 Å². The van der Waals surface area contributed by atoms with Gasteiger partial charge in [-0.15, -0.1) is 12.4 Å². The Bertz CT molecular complexity index is 540. The zero-order valence-corrected chi connectivity index (χ0v) is 15.3. The minimum Gasteiger partial charge on any atom is -0.352 e. The van der Waals surface area contributed by atoms with Gasteiger partial charge in [-0.25, -0.2) is 0 Å². The molecular formula is C18H28ClN3O2. The maximum absolute atomic E-state index is 12.4. The number of nitrogens with one attached hydrogen (secondary N) is 1. The molecule has 0 spiro atoms. The van der Waals surface area contributed by atoms with Crippen LogP contribution in [-0.2, 0) is 4.79 Å². The van der Waals surface area contributed by atoms with Gasteiger partial charge in [0.05, 0.1) is 5.54 Å². The highest BCUT2D eigenvalue weighted by molar-refractivity contribution is 5.94. The van der Waals surface area contributed by atoms with Crippen LogP contribution in [0.3, 0.4) is 0 Å². The Morgan fingerprint density at radius 3 is 2.38 bits per heavy atom. The van der Waals surface area contributed by atoms with Crippen molar-refractivity contribution >= 4 is 24.2 Å². The summed E-state index contributed by atoms with van der Waals surface area (Å²) >= 11 is 0. The second kappa shape index (κ2) is 9.04. The summed E-state index contributed by atoms with van der Waals surface area (Å²) in [7, 11) is 0. The lowest BCUT2D eigenvalue weighted by Gasteiger charge is -2.34. The fourth-order valence-electron chi connectivity index (χ4n) is 2.97. The van der Waals surface area contributed by atoms with Gasteiger partial charge in [-0.1, -0.05) is 31.5 Å². The number of nitrogens with zero attached hydrogens (tertiary/aromatic N) is 1. The standard InChI is InChI=1S/C18H27N3O2.ClH/c1-3-11-18(2,19)17(23)20-15-9-12-21(13-10-15)16(22)14-7-5-4-6-8-14;/h4-8,15H,3,9-13,19H2,1-2H3,(H,20,23);1H. The van der Waals surface area contributed by atoms with Gasteiger partial charge in [-0.2, -0.15) is 0 Å². The molecule has 134 valence electrons. The normalized spacial score (nSPS) is 17.5. The summed E-state index contributed by atoms with van der Waals surface area (Å²) in [5, 5.41) is 3.04. The van der Waals surface area contributed by atoms with Crippen LogP contribution in [0.25, 0.3) is 0 Å². The van der Waals surface area contributed by atoms with E-state index in [1.807, 2.05) is 42.2 Å². The number of halogens is 1. The molecule has 1 atom stereocenters. The summed E-state index contributed by atoms with van der Waals surface area (Å²) in [6, 6.07) is 9.41. The maximum atomic E-state index is 12.4. The zero-order valence-electron chi connectivity index (χ0n) is 14.5. The molecule has 0 aliphatic carbocycles. The molecule has 0 radical (unpaired) electrons. The Hall–Kier alpha value is -1.59. The van der Waals surface area contributed by atoms with Crippen LogP contribution in [0.2, 0.25) is 0 Å². The molecule has 0 saturated carbocycles. The predicted molar refractivity (Wildman–Crippen MR) is 98.3 cm³/mol. The lowest BCUT2D eigenvalue weighted by molar-refractivity contribution is -0.127. The van der Waals surface area contributed by atoms with E-state index in [2.05, 4.69) is 5.32 Å². The van der Waals surface area contributed by atoms with Gasteiger partial charge in [0.2, 0.25) is 5.91 Å². The molecule has 24 heavy (non-hydrogen) atoms. The van der Waals surface area contributed by atoms with Gasteiger partial charge >= 0.3 is 0 Å². The Balaban J connectivity index is 0.00000288. The summed E-state index contributed by atoms with van der Waals surface area (Å²) in [6.07, 6.45) is 3.09. The number of piperidine rings is 1. The Morgan fingerprint density at radius 1 is 1.25 bits per heavy atom. The first kappa shape index (κ1) is 20.5. The number of benzene rings is 1. The molecule has 1 aromatic carbocycles. The van der Waals surface area contributed by atoms with Crippen LogP contribution in [-0.4, -0.2) is 41.4 Å². The predicted octanol–water partition coefficient (Wildman–Crippen LogP) is 2.35. The molecule has 1 aromatic rings. The third kappa shape index (κ3) is 5.21. The highest BCUT2D eigenvalue weighted by Gasteiger charge is 2.31. The second-order valence-corrected chi connectivity index (χ2v) is 6.57. The molecule has 1 saturated heterocycles. The minimum absolute atomic E-state index is 0. The molecule has 1 fully saturated rings. The van der Waals surface area contributed by atoms with E-state index in [1.54, 1.807) is 6.92 Å². The number of nitrogens with two attached hydrogens (primary N) is 1. The summed E-state index contributed by atoms with van der Waals surface area (Å²) in [4.78, 5) is 26.5. The van der Waals surface area contributed by atoms with Crippen molar-refractivity contribution in [2.75, 3.05) is 13.1 Å². The van der Waals surface area contributed by atoms with Crippen molar-refractivity contribution in [1.82, 2.24) is 10.2 Å². The highest BCUT2D eigenvalue weighted by atomic mass is 35.5. The molecule has 1 aliphatic rings. The lowest BCUT2D eigenvalue weighted by Crippen LogP contribution is -2.56. The first-order valence-electron chi connectivity index (χ1n) is 8.38. The second-order valence-electron chi connectivity index (χ2n) is 6.57. The molecular weight excluding hydrogens is 326 g/mol. The first-order chi connectivity index (χ1) is 10.9. The van der Waals surface area contributed by atoms with Crippen molar-refractivity contribution in [1.29, 1.82) is 0 Å². The number of hydrogen-bond donors (Lipinski definition) is 2. The van der Waals surface area contributed by atoms with Gasteiger partial charge in [0.25, 0.3) is 5.91 Å². The average Bonchev–Trinajstić information content (AvgIpc) is 2.55. The van der Waals surface area contributed by atoms with E-state index >= 15 is 0 Å². The molecule has 0 bridgehead atoms. The van der Waals surface area contributed by atoms with Crippen LogP contribution in [0.1, 0.15) is 49.9 Å². The van der Waals surface area contributed by atoms with Crippen LogP contribution in [0.4, 0.5) is 0 Å². The Kier molecular flexibility index (Phi) is 7.70. The van der Waals surface area contributed by atoms with Gasteiger partial charge in [-0.05, 0) is 38.3 Å². The highest BCUT2D eigenvalue weighted by Crippen LogP contribution is 2.16. The molecule has 2 amide bonds. The third-order valence-electron chi connectivity index (χ3n) is 4.43. The van der Waals surface area contributed by atoms with E-state index in [-0.39, 0.29) is 30.3 Å². The maximum Gasteiger partial charge on any atom is 0.253 e. The minimum atomic E-state index is -0.814. The fourth-order valence-corrected chi connectivity index (χ4v) is 2.97. The fraction of sp³-hybridized carbons (Fsp3) is 0.556. The SMILES string of the molecule is CCCC(C)(N)C(=O)NC1CCN(C(=O)c2ccccc2)CC1.Cl. The molecule has 6 heteroatoms. The largest absolute Gasteiger partial charge is 0.352 e. The average molecular weight is 354 g/mol. The van der Waals surface area contributed by atoms with E-state index < -0.39 is 5.54 Å². The van der Waals surface area contributed by atoms with Gasteiger partial charge < -0.3 is 16.0 Å². The molecule has 1 heterocycles. The molecule has 3 N–H and O–H groups in total. The van der Waals surface area contributed by atoms with Crippen LogP contribution in [0, 0.1) is 0 Å². The number of rotatable bonds is 5. The van der Waals surface area contributed by atoms with Crippen molar-refractivity contribution in [3.63, 3.8) is 0 Å². The summed E-state index contributed by atoms with van der Waals surface area (Å²) in [5.74, 6) is -0.0304. The molecule has 1 aliphatic heterocycles. The van der Waals surface area contributed by atoms with Crippen molar-refractivity contribution in [3.05, 3.63) is 35.9 Å². The van der Waals surface area contributed by atoms with Crippen LogP contribution in [0.15, 0.2) is 30.3 Å². The van der Waals surface area contributed by atoms with Crippen LogP contribution >= 0.6 is 12.4 Å². The number of likely N-dealkylation sites (tertiary alicyclic amines) is 1. The number of carbonyl (C=O) groups excluding carboxylic acids is 2. The molecule has 5 nitrogen and oxygen atoms in total. The van der Waals surface area contributed by atoms with Gasteiger partial charge in [-0.3, -0.25) is 9.59 Å². The van der Waals surface area contributed by atoms with Crippen molar-refractivity contribution < 1.29 is 9.59 Å². The molecule has 2 rings (SSSR count). The molecule has 0 aromatic heterocycles. The smallest absolute Gasteiger partial charge is 0.253 e. The third-order valence-corrected chi connectivity index (χ3v) is 4.43. The van der Waals surface area contributed by atoms with Crippen LogP contribution < -0.4 is 11.1 Å². The topological polar surface area (TPSA) is 75.4 Å². The quantitative estimate of drug-likeness (QED) is 0.853. The van der Waals surface area contributed by atoms with Crippen molar-refractivity contribution in [2.45, 2.75) is 51.1 Å². The van der Waals surface area contributed by atoms with Crippen LogP contribution in [0.5, 0.6) is 0 Å². The summed E-state index contributed by atoms with van der Waals surface area (Å²) < 4.78 is 0. The number of carbonyl (C=O) groups is 2. The monoisotopic (exact) mass is 353 g/mol. The van der Waals surface area contributed by atoms with E-state index in [0.29, 0.717) is 25.1 Å². The molecule has 1 unspecified atom stereocenters. The number of hydrogen-bond acceptors (Lipinski definition) is 3. The van der Waals surface area contributed by atoms with Gasteiger partial charge in [0, 0.05) is 24.7 Å². The van der Waals surface area contributed by atoms with Gasteiger partial charge in [0.15, 0.2) is 0 Å². The number of amides is 2. The Labute approximate surface area is 150 Å². The van der Waals surface area contributed by atoms with E-state index in [1.165, 1.54) is 0 Å². The van der Waals surface area contributed by atoms with Crippen molar-refractivity contribution in [2.24, 2.45) is 5.73 Å².